The van der Waals surface area contributed by atoms with Crippen molar-refractivity contribution in [3.63, 3.8) is 0 Å². The van der Waals surface area contributed by atoms with Crippen molar-refractivity contribution in [3.8, 4) is 0 Å². The van der Waals surface area contributed by atoms with Gasteiger partial charge in [-0.25, -0.2) is 4.98 Å². The number of rotatable bonds is 7. The summed E-state index contributed by atoms with van der Waals surface area (Å²) >= 11 is 6.20. The molecule has 0 spiro atoms. The number of H-pyrrole nitrogens is 1. The van der Waals surface area contributed by atoms with Crippen LogP contribution in [-0.4, -0.2) is 21.9 Å². The molecule has 0 saturated heterocycles. The molecule has 0 radical (unpaired) electrons. The highest BCUT2D eigenvalue weighted by molar-refractivity contribution is 6.31. The molecule has 0 aliphatic rings. The van der Waals surface area contributed by atoms with Crippen molar-refractivity contribution >= 4 is 17.4 Å². The summed E-state index contributed by atoms with van der Waals surface area (Å²) in [6.07, 6.45) is 2.76. The van der Waals surface area contributed by atoms with Gasteiger partial charge in [0, 0.05) is 17.4 Å². The van der Waals surface area contributed by atoms with Gasteiger partial charge in [0.05, 0.1) is 12.5 Å². The van der Waals surface area contributed by atoms with Crippen LogP contribution in [0, 0.1) is 0 Å². The van der Waals surface area contributed by atoms with Crippen molar-refractivity contribution in [3.05, 3.63) is 89.0 Å². The van der Waals surface area contributed by atoms with Crippen LogP contribution >= 0.6 is 11.6 Å². The van der Waals surface area contributed by atoms with Gasteiger partial charge in [0.1, 0.15) is 11.9 Å². The Kier molecular flexibility index (Phi) is 5.64. The predicted molar refractivity (Wildman–Crippen MR) is 97.6 cm³/mol. The Morgan fingerprint density at radius 1 is 1.16 bits per heavy atom. The minimum atomic E-state index is -0.662. The number of hydrogen-bond donors (Lipinski definition) is 1. The first-order valence-corrected chi connectivity index (χ1v) is 8.44. The molecule has 25 heavy (non-hydrogen) atoms. The van der Waals surface area contributed by atoms with Crippen LogP contribution in [0.1, 0.15) is 29.8 Å². The zero-order chi connectivity index (χ0) is 17.6. The fourth-order valence-electron chi connectivity index (χ4n) is 2.83. The fourth-order valence-corrected chi connectivity index (χ4v) is 3.02. The van der Waals surface area contributed by atoms with Crippen LogP contribution < -0.4 is 0 Å². The van der Waals surface area contributed by atoms with E-state index in [1.54, 1.807) is 12.4 Å². The lowest BCUT2D eigenvalue weighted by molar-refractivity contribution is -0.130. The fraction of sp³-hybridized carbons (Fsp3) is 0.200. The summed E-state index contributed by atoms with van der Waals surface area (Å²) in [4.78, 5) is 19.8. The van der Waals surface area contributed by atoms with Crippen molar-refractivity contribution in [2.45, 2.75) is 25.6 Å². The summed E-state index contributed by atoms with van der Waals surface area (Å²) < 4.78 is 6.02. The zero-order valence-electron chi connectivity index (χ0n) is 13.9. The molecule has 4 nitrogen and oxygen atoms in total. The molecule has 5 heteroatoms. The lowest BCUT2D eigenvalue weighted by Crippen LogP contribution is -2.31. The van der Waals surface area contributed by atoms with Crippen molar-refractivity contribution in [2.24, 2.45) is 0 Å². The van der Waals surface area contributed by atoms with E-state index in [1.807, 2.05) is 54.6 Å². The van der Waals surface area contributed by atoms with E-state index in [0.717, 1.165) is 11.1 Å². The van der Waals surface area contributed by atoms with Gasteiger partial charge in [-0.3, -0.25) is 4.79 Å². The maximum absolute atomic E-state index is 12.4. The summed E-state index contributed by atoms with van der Waals surface area (Å²) in [6, 6.07) is 17.2. The van der Waals surface area contributed by atoms with E-state index < -0.39 is 6.10 Å². The van der Waals surface area contributed by atoms with E-state index >= 15 is 0 Å². The molecular weight excluding hydrogens is 336 g/mol. The highest BCUT2D eigenvalue weighted by atomic mass is 35.5. The number of hydrogen-bond acceptors (Lipinski definition) is 3. The Labute approximate surface area is 151 Å². The van der Waals surface area contributed by atoms with Gasteiger partial charge >= 0.3 is 0 Å². The molecule has 2 unspecified atom stereocenters. The summed E-state index contributed by atoms with van der Waals surface area (Å²) in [5.41, 5.74) is 1.82. The molecule has 3 aromatic rings. The summed E-state index contributed by atoms with van der Waals surface area (Å²) in [5.74, 6) is 0.332. The lowest BCUT2D eigenvalue weighted by Gasteiger charge is -2.24. The number of ether oxygens (including phenoxy) is 1. The normalized spacial score (nSPS) is 13.4. The molecule has 1 aromatic heterocycles. The second-order valence-corrected chi connectivity index (χ2v) is 6.20. The number of imidazole rings is 1. The number of aromatic nitrogens is 2. The second kappa shape index (κ2) is 8.10. The predicted octanol–water partition coefficient (Wildman–Crippen LogP) is 4.37. The standard InChI is InChI=1S/C20H19ClN2O2/c1-14(24)19(25-13-16-9-5-6-10-17(16)21)18(20-22-11-12-23-20)15-7-3-2-4-8-15/h2-12,18-19H,13H2,1H3,(H,22,23). The SMILES string of the molecule is CC(=O)C(OCc1ccccc1Cl)C(c1ccccc1)c1ncc[nH]1. The Balaban J connectivity index is 1.90. The molecule has 3 rings (SSSR count). The van der Waals surface area contributed by atoms with Crippen LogP contribution in [0.2, 0.25) is 5.02 Å². The molecule has 2 atom stereocenters. The highest BCUT2D eigenvalue weighted by Crippen LogP contribution is 2.29. The van der Waals surface area contributed by atoms with Gasteiger partial charge in [0.25, 0.3) is 0 Å². The van der Waals surface area contributed by atoms with Gasteiger partial charge in [0.15, 0.2) is 5.78 Å². The van der Waals surface area contributed by atoms with Crippen molar-refractivity contribution in [1.29, 1.82) is 0 Å². The van der Waals surface area contributed by atoms with E-state index in [4.69, 9.17) is 16.3 Å². The number of ketones is 1. The van der Waals surface area contributed by atoms with Crippen LogP contribution in [0.15, 0.2) is 67.0 Å². The number of aromatic amines is 1. The van der Waals surface area contributed by atoms with Crippen molar-refractivity contribution in [1.82, 2.24) is 9.97 Å². The van der Waals surface area contributed by atoms with Crippen LogP contribution in [0.5, 0.6) is 0 Å². The molecule has 1 N–H and O–H groups in total. The number of Topliss-reactive ketones (excluding diaryl/α,β-unsaturated/α-hetero) is 1. The number of halogens is 1. The molecule has 0 aliphatic heterocycles. The first-order valence-electron chi connectivity index (χ1n) is 8.06. The number of nitrogens with one attached hydrogen (secondary N) is 1. The van der Waals surface area contributed by atoms with Crippen LogP contribution in [0.3, 0.4) is 0 Å². The Morgan fingerprint density at radius 2 is 1.88 bits per heavy atom. The van der Waals surface area contributed by atoms with E-state index in [-0.39, 0.29) is 18.3 Å². The van der Waals surface area contributed by atoms with Crippen LogP contribution in [0.25, 0.3) is 0 Å². The summed E-state index contributed by atoms with van der Waals surface area (Å²) in [7, 11) is 0. The maximum Gasteiger partial charge on any atom is 0.159 e. The molecule has 2 aromatic carbocycles. The number of benzene rings is 2. The van der Waals surface area contributed by atoms with Gasteiger partial charge in [-0.15, -0.1) is 0 Å². The minimum Gasteiger partial charge on any atom is -0.365 e. The third-order valence-corrected chi connectivity index (χ3v) is 4.42. The van der Waals surface area contributed by atoms with Crippen molar-refractivity contribution < 1.29 is 9.53 Å². The summed E-state index contributed by atoms with van der Waals surface area (Å²) in [5, 5.41) is 0.624. The largest absolute Gasteiger partial charge is 0.365 e. The van der Waals surface area contributed by atoms with E-state index in [1.165, 1.54) is 6.92 Å². The van der Waals surface area contributed by atoms with E-state index in [9.17, 15) is 4.79 Å². The van der Waals surface area contributed by atoms with Gasteiger partial charge in [-0.05, 0) is 24.1 Å². The average molecular weight is 355 g/mol. The Morgan fingerprint density at radius 3 is 2.52 bits per heavy atom. The highest BCUT2D eigenvalue weighted by Gasteiger charge is 2.31. The number of carbonyl (C=O) groups excluding carboxylic acids is 1. The van der Waals surface area contributed by atoms with E-state index in [0.29, 0.717) is 10.8 Å². The minimum absolute atomic E-state index is 0.0580. The quantitative estimate of drug-likeness (QED) is 0.685. The molecule has 0 aliphatic carbocycles. The Bertz CT molecular complexity index is 819. The zero-order valence-corrected chi connectivity index (χ0v) is 14.6. The summed E-state index contributed by atoms with van der Waals surface area (Å²) in [6.45, 7) is 1.80. The second-order valence-electron chi connectivity index (χ2n) is 5.80. The first kappa shape index (κ1) is 17.4. The van der Waals surface area contributed by atoms with Gasteiger partial charge in [0.2, 0.25) is 0 Å². The molecule has 128 valence electrons. The molecule has 0 fully saturated rings. The smallest absolute Gasteiger partial charge is 0.159 e. The van der Waals surface area contributed by atoms with Crippen LogP contribution in [0.4, 0.5) is 0 Å². The maximum atomic E-state index is 12.4. The third kappa shape index (κ3) is 4.16. The van der Waals surface area contributed by atoms with Crippen LogP contribution in [-0.2, 0) is 16.1 Å². The topological polar surface area (TPSA) is 55.0 Å². The molecule has 0 amide bonds. The third-order valence-electron chi connectivity index (χ3n) is 4.05. The average Bonchev–Trinajstić information content (AvgIpc) is 3.14. The molecule has 0 bridgehead atoms. The van der Waals surface area contributed by atoms with Gasteiger partial charge in [-0.2, -0.15) is 0 Å². The molecule has 0 saturated carbocycles. The van der Waals surface area contributed by atoms with Crippen molar-refractivity contribution in [2.75, 3.05) is 0 Å². The lowest BCUT2D eigenvalue weighted by atomic mass is 9.90. The monoisotopic (exact) mass is 354 g/mol. The molecule has 1 heterocycles. The first-order chi connectivity index (χ1) is 12.2. The number of carbonyl (C=O) groups is 1. The number of nitrogens with zero attached hydrogens (tertiary/aromatic N) is 1. The van der Waals surface area contributed by atoms with Gasteiger partial charge in [-0.1, -0.05) is 60.1 Å². The van der Waals surface area contributed by atoms with E-state index in [2.05, 4.69) is 9.97 Å². The molecular formula is C20H19ClN2O2. The van der Waals surface area contributed by atoms with Gasteiger partial charge < -0.3 is 9.72 Å². The Hall–Kier alpha value is -2.43.